The predicted octanol–water partition coefficient (Wildman–Crippen LogP) is 1.76. The molecule has 1 atom stereocenters. The van der Waals surface area contributed by atoms with Gasteiger partial charge in [-0.1, -0.05) is 15.9 Å². The van der Waals surface area contributed by atoms with Gasteiger partial charge in [0, 0.05) is 25.5 Å². The Hall–Kier alpha value is 0.360. The van der Waals surface area contributed by atoms with Gasteiger partial charge in [-0.2, -0.15) is 0 Å². The molecule has 0 spiro atoms. The van der Waals surface area contributed by atoms with Crippen molar-refractivity contribution in [2.75, 3.05) is 51.9 Å². The SMILES string of the molecule is COCCOCCN1CCC(CCBr)C1. The van der Waals surface area contributed by atoms with Crippen LogP contribution in [0.25, 0.3) is 0 Å². The first-order chi connectivity index (χ1) is 7.36. The minimum atomic E-state index is 0.701. The number of hydrogen-bond donors (Lipinski definition) is 0. The van der Waals surface area contributed by atoms with Crippen LogP contribution in [0.3, 0.4) is 0 Å². The van der Waals surface area contributed by atoms with Crippen LogP contribution >= 0.6 is 15.9 Å². The van der Waals surface area contributed by atoms with Crippen molar-refractivity contribution in [2.24, 2.45) is 5.92 Å². The van der Waals surface area contributed by atoms with E-state index >= 15 is 0 Å². The molecule has 1 aliphatic heterocycles. The summed E-state index contributed by atoms with van der Waals surface area (Å²) in [4.78, 5) is 2.50. The predicted molar refractivity (Wildman–Crippen MR) is 65.7 cm³/mol. The number of hydrogen-bond acceptors (Lipinski definition) is 3. The first-order valence-electron chi connectivity index (χ1n) is 5.71. The summed E-state index contributed by atoms with van der Waals surface area (Å²) >= 11 is 3.50. The van der Waals surface area contributed by atoms with Crippen LogP contribution in [-0.4, -0.2) is 56.8 Å². The summed E-state index contributed by atoms with van der Waals surface area (Å²) < 4.78 is 10.4. The van der Waals surface area contributed by atoms with E-state index in [2.05, 4.69) is 20.8 Å². The van der Waals surface area contributed by atoms with E-state index in [1.807, 2.05) is 0 Å². The third-order valence-electron chi connectivity index (χ3n) is 2.87. The standard InChI is InChI=1S/C11H22BrNO2/c1-14-8-9-15-7-6-13-5-3-11(10-13)2-4-12/h11H,2-10H2,1H3. The van der Waals surface area contributed by atoms with Gasteiger partial charge >= 0.3 is 0 Å². The van der Waals surface area contributed by atoms with E-state index in [1.165, 1.54) is 25.9 Å². The van der Waals surface area contributed by atoms with Gasteiger partial charge < -0.3 is 14.4 Å². The second-order valence-corrected chi connectivity index (χ2v) is 4.83. The van der Waals surface area contributed by atoms with Gasteiger partial charge in [-0.25, -0.2) is 0 Å². The summed E-state index contributed by atoms with van der Waals surface area (Å²) in [6.45, 7) is 5.82. The monoisotopic (exact) mass is 279 g/mol. The number of alkyl halides is 1. The van der Waals surface area contributed by atoms with Crippen LogP contribution in [0.15, 0.2) is 0 Å². The van der Waals surface area contributed by atoms with Gasteiger partial charge in [0.2, 0.25) is 0 Å². The molecular weight excluding hydrogens is 258 g/mol. The van der Waals surface area contributed by atoms with E-state index in [0.29, 0.717) is 6.61 Å². The molecule has 15 heavy (non-hydrogen) atoms. The quantitative estimate of drug-likeness (QED) is 0.499. The molecule has 1 fully saturated rings. The van der Waals surface area contributed by atoms with Crippen molar-refractivity contribution in [1.82, 2.24) is 4.90 Å². The molecule has 1 aliphatic rings. The zero-order chi connectivity index (χ0) is 10.9. The minimum Gasteiger partial charge on any atom is -0.382 e. The molecule has 0 bridgehead atoms. The first kappa shape index (κ1) is 13.4. The van der Waals surface area contributed by atoms with E-state index in [1.54, 1.807) is 7.11 Å². The van der Waals surface area contributed by atoms with Crippen molar-refractivity contribution >= 4 is 15.9 Å². The number of ether oxygens (including phenoxy) is 2. The lowest BCUT2D eigenvalue weighted by Crippen LogP contribution is -2.25. The van der Waals surface area contributed by atoms with Crippen LogP contribution in [0.4, 0.5) is 0 Å². The highest BCUT2D eigenvalue weighted by Gasteiger charge is 2.20. The van der Waals surface area contributed by atoms with Crippen molar-refractivity contribution < 1.29 is 9.47 Å². The maximum atomic E-state index is 5.46. The van der Waals surface area contributed by atoms with Gasteiger partial charge in [0.25, 0.3) is 0 Å². The number of nitrogens with zero attached hydrogens (tertiary/aromatic N) is 1. The van der Waals surface area contributed by atoms with Crippen LogP contribution in [0, 0.1) is 5.92 Å². The molecule has 1 unspecified atom stereocenters. The molecule has 0 aromatic carbocycles. The van der Waals surface area contributed by atoms with Gasteiger partial charge in [-0.3, -0.25) is 0 Å². The third-order valence-corrected chi connectivity index (χ3v) is 3.33. The second kappa shape index (κ2) is 8.50. The first-order valence-corrected chi connectivity index (χ1v) is 6.84. The molecule has 0 aliphatic carbocycles. The van der Waals surface area contributed by atoms with Crippen molar-refractivity contribution in [1.29, 1.82) is 0 Å². The summed E-state index contributed by atoms with van der Waals surface area (Å²) in [6, 6.07) is 0. The van der Waals surface area contributed by atoms with Gasteiger partial charge in [0.05, 0.1) is 19.8 Å². The number of likely N-dealkylation sites (tertiary alicyclic amines) is 1. The Balaban J connectivity index is 1.94. The highest BCUT2D eigenvalue weighted by Crippen LogP contribution is 2.19. The zero-order valence-electron chi connectivity index (χ0n) is 9.58. The van der Waals surface area contributed by atoms with Crippen LogP contribution in [0.2, 0.25) is 0 Å². The number of methoxy groups -OCH3 is 1. The molecule has 1 heterocycles. The van der Waals surface area contributed by atoms with Crippen LogP contribution in [0.5, 0.6) is 0 Å². The van der Waals surface area contributed by atoms with Crippen LogP contribution in [0.1, 0.15) is 12.8 Å². The molecule has 3 nitrogen and oxygen atoms in total. The van der Waals surface area contributed by atoms with Gasteiger partial charge in [-0.15, -0.1) is 0 Å². The van der Waals surface area contributed by atoms with Crippen LogP contribution in [-0.2, 0) is 9.47 Å². The minimum absolute atomic E-state index is 0.701. The molecule has 90 valence electrons. The van der Waals surface area contributed by atoms with Crippen molar-refractivity contribution in [3.63, 3.8) is 0 Å². The highest BCUT2D eigenvalue weighted by atomic mass is 79.9. The van der Waals surface area contributed by atoms with E-state index < -0.39 is 0 Å². The molecule has 1 rings (SSSR count). The molecule has 0 N–H and O–H groups in total. The topological polar surface area (TPSA) is 21.7 Å². The Morgan fingerprint density at radius 1 is 1.33 bits per heavy atom. The molecule has 0 aromatic heterocycles. The highest BCUT2D eigenvalue weighted by molar-refractivity contribution is 9.09. The molecular formula is C11H22BrNO2. The average molecular weight is 280 g/mol. The summed E-state index contributed by atoms with van der Waals surface area (Å²) in [7, 11) is 1.70. The fourth-order valence-corrected chi connectivity index (χ4v) is 2.59. The fraction of sp³-hybridized carbons (Fsp3) is 1.00. The summed E-state index contributed by atoms with van der Waals surface area (Å²) in [6.07, 6.45) is 2.66. The van der Waals surface area contributed by atoms with E-state index in [4.69, 9.17) is 9.47 Å². The lowest BCUT2D eigenvalue weighted by atomic mass is 10.1. The molecule has 0 saturated carbocycles. The molecule has 0 amide bonds. The Kier molecular flexibility index (Phi) is 7.61. The third kappa shape index (κ3) is 5.85. The van der Waals surface area contributed by atoms with Gasteiger partial charge in [0.15, 0.2) is 0 Å². The van der Waals surface area contributed by atoms with Crippen molar-refractivity contribution in [2.45, 2.75) is 12.8 Å². The maximum Gasteiger partial charge on any atom is 0.0700 e. The van der Waals surface area contributed by atoms with Crippen molar-refractivity contribution in [3.8, 4) is 0 Å². The number of halogens is 1. The second-order valence-electron chi connectivity index (χ2n) is 4.04. The summed E-state index contributed by atoms with van der Waals surface area (Å²) in [5, 5.41) is 1.13. The summed E-state index contributed by atoms with van der Waals surface area (Å²) in [5.74, 6) is 0.892. The lowest BCUT2D eigenvalue weighted by Gasteiger charge is -2.15. The number of rotatable bonds is 8. The Bertz CT molecular complexity index is 158. The fourth-order valence-electron chi connectivity index (χ4n) is 1.94. The van der Waals surface area contributed by atoms with Gasteiger partial charge in [-0.05, 0) is 25.3 Å². The van der Waals surface area contributed by atoms with Gasteiger partial charge in [0.1, 0.15) is 0 Å². The Morgan fingerprint density at radius 2 is 2.20 bits per heavy atom. The molecule has 4 heteroatoms. The van der Waals surface area contributed by atoms with Crippen LogP contribution < -0.4 is 0 Å². The van der Waals surface area contributed by atoms with E-state index in [0.717, 1.165) is 31.0 Å². The van der Waals surface area contributed by atoms with E-state index in [9.17, 15) is 0 Å². The zero-order valence-corrected chi connectivity index (χ0v) is 11.2. The molecule has 0 aromatic rings. The summed E-state index contributed by atoms with van der Waals surface area (Å²) in [5.41, 5.74) is 0. The Morgan fingerprint density at radius 3 is 2.93 bits per heavy atom. The molecule has 1 saturated heterocycles. The van der Waals surface area contributed by atoms with Crippen molar-refractivity contribution in [3.05, 3.63) is 0 Å². The average Bonchev–Trinajstić information content (AvgIpc) is 2.66. The molecule has 0 radical (unpaired) electrons. The van der Waals surface area contributed by atoms with E-state index in [-0.39, 0.29) is 0 Å². The Labute approximate surface area is 101 Å². The largest absolute Gasteiger partial charge is 0.382 e. The smallest absolute Gasteiger partial charge is 0.0700 e. The maximum absolute atomic E-state index is 5.46. The lowest BCUT2D eigenvalue weighted by molar-refractivity contribution is 0.0599. The normalized spacial score (nSPS) is 22.4.